The van der Waals surface area contributed by atoms with E-state index in [1.165, 1.54) is 10.7 Å². The molecule has 22 heavy (non-hydrogen) atoms. The highest BCUT2D eigenvalue weighted by molar-refractivity contribution is 5.77. The van der Waals surface area contributed by atoms with E-state index < -0.39 is 0 Å². The topological polar surface area (TPSA) is 73.2 Å². The third-order valence-corrected chi connectivity index (χ3v) is 3.01. The first-order valence-electron chi connectivity index (χ1n) is 7.05. The normalized spacial score (nSPS) is 10.3. The molecule has 2 aromatic rings. The second-order valence-electron chi connectivity index (χ2n) is 4.99. The molecule has 0 bridgehead atoms. The highest BCUT2D eigenvalue weighted by Gasteiger charge is 2.03. The molecule has 6 nitrogen and oxygen atoms in total. The molecule has 1 heterocycles. The first-order valence-corrected chi connectivity index (χ1v) is 7.05. The zero-order chi connectivity index (χ0) is 15.9. The summed E-state index contributed by atoms with van der Waals surface area (Å²) in [6.45, 7) is 4.37. The Morgan fingerprint density at radius 1 is 1.27 bits per heavy atom. The van der Waals surface area contributed by atoms with Gasteiger partial charge in [0.2, 0.25) is 0 Å². The number of ether oxygens (including phenoxy) is 1. The van der Waals surface area contributed by atoms with Crippen LogP contribution in [0.3, 0.4) is 0 Å². The largest absolute Gasteiger partial charge is 0.484 e. The molecule has 6 heteroatoms. The van der Waals surface area contributed by atoms with Crippen molar-refractivity contribution in [1.29, 1.82) is 0 Å². The Bertz CT molecular complexity index is 710. The number of carbonyl (C=O) groups excluding carboxylic acids is 1. The Morgan fingerprint density at radius 3 is 2.86 bits per heavy atom. The number of nitrogens with one attached hydrogen (secondary N) is 1. The Labute approximate surface area is 128 Å². The average Bonchev–Trinajstić information content (AvgIpc) is 2.49. The quantitative estimate of drug-likeness (QED) is 0.865. The van der Waals surface area contributed by atoms with E-state index in [9.17, 15) is 9.59 Å². The lowest BCUT2D eigenvalue weighted by molar-refractivity contribution is -0.123. The zero-order valence-corrected chi connectivity index (χ0v) is 12.7. The fraction of sp³-hybridized carbons (Fsp3) is 0.312. The van der Waals surface area contributed by atoms with Crippen LogP contribution in [0.4, 0.5) is 0 Å². The summed E-state index contributed by atoms with van der Waals surface area (Å²) in [5.74, 6) is 0.425. The number of amides is 1. The minimum atomic E-state index is -0.234. The van der Waals surface area contributed by atoms with Gasteiger partial charge in [0.15, 0.2) is 6.61 Å². The van der Waals surface area contributed by atoms with Gasteiger partial charge in [-0.2, -0.15) is 5.10 Å². The van der Waals surface area contributed by atoms with Crippen LogP contribution < -0.4 is 15.6 Å². The maximum absolute atomic E-state index is 11.7. The van der Waals surface area contributed by atoms with Crippen LogP contribution >= 0.6 is 0 Å². The predicted molar refractivity (Wildman–Crippen MR) is 82.9 cm³/mol. The van der Waals surface area contributed by atoms with Crippen LogP contribution in [0.2, 0.25) is 0 Å². The van der Waals surface area contributed by atoms with Gasteiger partial charge in [-0.15, -0.1) is 0 Å². The summed E-state index contributed by atoms with van der Waals surface area (Å²) >= 11 is 0. The molecule has 0 aliphatic rings. The summed E-state index contributed by atoms with van der Waals surface area (Å²) in [5, 5.41) is 6.79. The van der Waals surface area contributed by atoms with Crippen LogP contribution in [0, 0.1) is 13.8 Å². The molecule has 0 spiro atoms. The monoisotopic (exact) mass is 301 g/mol. The third kappa shape index (κ3) is 4.73. The molecule has 0 saturated heterocycles. The third-order valence-electron chi connectivity index (χ3n) is 3.01. The number of hydrogen-bond donors (Lipinski definition) is 1. The van der Waals surface area contributed by atoms with E-state index in [2.05, 4.69) is 10.4 Å². The first kappa shape index (κ1) is 15.8. The molecule has 0 saturated carbocycles. The molecular weight excluding hydrogens is 282 g/mol. The highest BCUT2D eigenvalue weighted by atomic mass is 16.5. The Kier molecular flexibility index (Phi) is 5.30. The number of rotatable bonds is 6. The van der Waals surface area contributed by atoms with E-state index in [-0.39, 0.29) is 18.1 Å². The number of carbonyl (C=O) groups is 1. The molecule has 1 aromatic carbocycles. The minimum absolute atomic E-state index is 0.0560. The number of aromatic nitrogens is 2. The number of nitrogens with zero attached hydrogens (tertiary/aromatic N) is 2. The van der Waals surface area contributed by atoms with Gasteiger partial charge in [0.25, 0.3) is 11.5 Å². The van der Waals surface area contributed by atoms with Crippen molar-refractivity contribution in [3.63, 3.8) is 0 Å². The average molecular weight is 301 g/mol. The smallest absolute Gasteiger partial charge is 0.266 e. The van der Waals surface area contributed by atoms with E-state index in [4.69, 9.17) is 4.74 Å². The van der Waals surface area contributed by atoms with Gasteiger partial charge in [0, 0.05) is 12.6 Å². The lowest BCUT2D eigenvalue weighted by Crippen LogP contribution is -2.34. The summed E-state index contributed by atoms with van der Waals surface area (Å²) in [4.78, 5) is 23.3. The van der Waals surface area contributed by atoms with Gasteiger partial charge >= 0.3 is 0 Å². The van der Waals surface area contributed by atoms with Gasteiger partial charge in [-0.25, -0.2) is 4.68 Å². The Hall–Kier alpha value is -2.63. The summed E-state index contributed by atoms with van der Waals surface area (Å²) in [6, 6.07) is 10.6. The van der Waals surface area contributed by atoms with Crippen LogP contribution in [0.15, 0.2) is 41.2 Å². The summed E-state index contributed by atoms with van der Waals surface area (Å²) in [6.07, 6.45) is 0. The summed E-state index contributed by atoms with van der Waals surface area (Å²) < 4.78 is 6.73. The maximum atomic E-state index is 11.7. The molecule has 1 amide bonds. The molecule has 0 atom stereocenters. The molecule has 0 aliphatic heterocycles. The van der Waals surface area contributed by atoms with Gasteiger partial charge in [0.1, 0.15) is 5.75 Å². The Balaban J connectivity index is 1.76. The van der Waals surface area contributed by atoms with Gasteiger partial charge in [0.05, 0.1) is 12.2 Å². The Morgan fingerprint density at radius 2 is 2.09 bits per heavy atom. The highest BCUT2D eigenvalue weighted by Crippen LogP contribution is 2.11. The van der Waals surface area contributed by atoms with Crippen LogP contribution in [0.1, 0.15) is 11.3 Å². The SMILES string of the molecule is Cc1cccc(OCC(=O)NCCn2nc(C)ccc2=O)c1. The van der Waals surface area contributed by atoms with Gasteiger partial charge < -0.3 is 10.1 Å². The molecule has 1 N–H and O–H groups in total. The van der Waals surface area contributed by atoms with Crippen molar-refractivity contribution in [3.05, 3.63) is 58.0 Å². The van der Waals surface area contributed by atoms with Crippen molar-refractivity contribution >= 4 is 5.91 Å². The standard InChI is InChI=1S/C16H19N3O3/c1-12-4-3-5-14(10-12)22-11-15(20)17-8-9-19-16(21)7-6-13(2)18-19/h3-7,10H,8-9,11H2,1-2H3,(H,17,20). The van der Waals surface area contributed by atoms with E-state index in [1.54, 1.807) is 12.1 Å². The lowest BCUT2D eigenvalue weighted by Gasteiger charge is -2.09. The molecular formula is C16H19N3O3. The van der Waals surface area contributed by atoms with Crippen molar-refractivity contribution < 1.29 is 9.53 Å². The predicted octanol–water partition coefficient (Wildman–Crippen LogP) is 1.06. The molecule has 0 fully saturated rings. The minimum Gasteiger partial charge on any atom is -0.484 e. The van der Waals surface area contributed by atoms with Crippen molar-refractivity contribution in [1.82, 2.24) is 15.1 Å². The number of hydrogen-bond acceptors (Lipinski definition) is 4. The van der Waals surface area contributed by atoms with Gasteiger partial charge in [-0.1, -0.05) is 12.1 Å². The fourth-order valence-electron chi connectivity index (χ4n) is 1.92. The van der Waals surface area contributed by atoms with E-state index >= 15 is 0 Å². The van der Waals surface area contributed by atoms with E-state index in [0.29, 0.717) is 18.8 Å². The zero-order valence-electron chi connectivity index (χ0n) is 12.7. The molecule has 1 aromatic heterocycles. The number of benzene rings is 1. The molecule has 0 unspecified atom stereocenters. The van der Waals surface area contributed by atoms with Crippen LogP contribution in [0.25, 0.3) is 0 Å². The molecule has 0 radical (unpaired) electrons. The summed E-state index contributed by atoms with van der Waals surface area (Å²) in [7, 11) is 0. The lowest BCUT2D eigenvalue weighted by atomic mass is 10.2. The first-order chi connectivity index (χ1) is 10.5. The van der Waals surface area contributed by atoms with Crippen LogP contribution in [0.5, 0.6) is 5.75 Å². The second-order valence-corrected chi connectivity index (χ2v) is 4.99. The van der Waals surface area contributed by atoms with Crippen LogP contribution in [-0.2, 0) is 11.3 Å². The van der Waals surface area contributed by atoms with Gasteiger partial charge in [-0.05, 0) is 37.6 Å². The molecule has 0 aliphatic carbocycles. The fourth-order valence-corrected chi connectivity index (χ4v) is 1.92. The second kappa shape index (κ2) is 7.40. The van der Waals surface area contributed by atoms with Crippen molar-refractivity contribution in [3.8, 4) is 5.75 Å². The van der Waals surface area contributed by atoms with E-state index in [0.717, 1.165) is 11.3 Å². The van der Waals surface area contributed by atoms with Crippen molar-refractivity contribution in [2.45, 2.75) is 20.4 Å². The van der Waals surface area contributed by atoms with Crippen LogP contribution in [-0.4, -0.2) is 28.8 Å². The number of aryl methyl sites for hydroxylation is 2. The summed E-state index contributed by atoms with van der Waals surface area (Å²) in [5.41, 5.74) is 1.65. The molecule has 116 valence electrons. The maximum Gasteiger partial charge on any atom is 0.266 e. The van der Waals surface area contributed by atoms with Crippen molar-refractivity contribution in [2.75, 3.05) is 13.2 Å². The van der Waals surface area contributed by atoms with Gasteiger partial charge in [-0.3, -0.25) is 9.59 Å². The van der Waals surface area contributed by atoms with E-state index in [1.807, 2.05) is 32.0 Å². The van der Waals surface area contributed by atoms with Crippen molar-refractivity contribution in [2.24, 2.45) is 0 Å². The molecule has 2 rings (SSSR count).